The molecule has 0 fully saturated rings. The summed E-state index contributed by atoms with van der Waals surface area (Å²) in [6, 6.07) is 28.4. The number of aliphatic imine (C=N–C) groups is 1. The molecule has 2 aliphatic heterocycles. The molecule has 2 heterocycles. The number of fused-ring (bicyclic) bond motifs is 1. The predicted octanol–water partition coefficient (Wildman–Crippen LogP) is 7.45. The van der Waals surface area contributed by atoms with Crippen LogP contribution in [0.25, 0.3) is 16.8 Å². The van der Waals surface area contributed by atoms with Gasteiger partial charge in [0.2, 0.25) is 0 Å². The van der Waals surface area contributed by atoms with Gasteiger partial charge < -0.3 is 4.74 Å². The summed E-state index contributed by atoms with van der Waals surface area (Å²) >= 11 is 1.06. The van der Waals surface area contributed by atoms with Crippen LogP contribution in [0.15, 0.2) is 106 Å². The minimum Gasteiger partial charge on any atom is -0.497 e. The highest BCUT2D eigenvalue weighted by Crippen LogP contribution is 2.40. The largest absolute Gasteiger partial charge is 0.497 e. The van der Waals surface area contributed by atoms with Gasteiger partial charge in [0.05, 0.1) is 23.8 Å². The van der Waals surface area contributed by atoms with Gasteiger partial charge in [-0.05, 0) is 75.6 Å². The molecule has 0 N–H and O–H groups in total. The van der Waals surface area contributed by atoms with Crippen LogP contribution >= 0.6 is 11.8 Å². The number of hydrogen-bond donors (Lipinski definition) is 0. The number of carbonyl (C=O) groups excluding carboxylic acids is 1. The van der Waals surface area contributed by atoms with Crippen LogP contribution in [0.1, 0.15) is 29.2 Å². The molecule has 0 aromatic heterocycles. The third-order valence-corrected chi connectivity index (χ3v) is 7.28. The Morgan fingerprint density at radius 2 is 1.73 bits per heavy atom. The van der Waals surface area contributed by atoms with Gasteiger partial charge in [0, 0.05) is 6.42 Å². The van der Waals surface area contributed by atoms with Crippen LogP contribution in [0.5, 0.6) is 5.75 Å². The van der Waals surface area contributed by atoms with Crippen molar-refractivity contribution in [2.45, 2.75) is 12.5 Å². The molecule has 0 saturated carbocycles. The van der Waals surface area contributed by atoms with Crippen molar-refractivity contribution in [3.05, 3.63) is 118 Å². The van der Waals surface area contributed by atoms with E-state index in [1.807, 2.05) is 47.5 Å². The number of benzene rings is 4. The first-order valence-electron chi connectivity index (χ1n) is 11.9. The van der Waals surface area contributed by atoms with E-state index in [4.69, 9.17) is 9.84 Å². The molecular weight excluding hydrogens is 485 g/mol. The minimum atomic E-state index is -0.310. The van der Waals surface area contributed by atoms with E-state index in [2.05, 4.69) is 35.3 Å². The molecule has 1 atom stereocenters. The first-order chi connectivity index (χ1) is 18.1. The maximum absolute atomic E-state index is 13.4. The fourth-order valence-electron chi connectivity index (χ4n) is 4.61. The second-order valence-corrected chi connectivity index (χ2v) is 9.80. The van der Waals surface area contributed by atoms with Crippen molar-refractivity contribution in [2.75, 3.05) is 7.11 Å². The quantitative estimate of drug-likeness (QED) is 0.288. The lowest BCUT2D eigenvalue weighted by Gasteiger charge is -2.24. The van der Waals surface area contributed by atoms with Gasteiger partial charge in [-0.25, -0.2) is 9.40 Å². The number of thioether (sulfide) groups is 1. The third-order valence-electron chi connectivity index (χ3n) is 6.49. The summed E-state index contributed by atoms with van der Waals surface area (Å²) in [7, 11) is 1.64. The Labute approximate surface area is 218 Å². The molecule has 0 saturated heterocycles. The number of methoxy groups -OCH3 is 1. The van der Waals surface area contributed by atoms with Gasteiger partial charge in [0.1, 0.15) is 11.6 Å². The molecule has 5 nitrogen and oxygen atoms in total. The van der Waals surface area contributed by atoms with Crippen LogP contribution in [0.2, 0.25) is 0 Å². The number of halogens is 1. The van der Waals surface area contributed by atoms with Crippen molar-refractivity contribution >= 4 is 45.4 Å². The Hall–Kier alpha value is -4.23. The second kappa shape index (κ2) is 9.67. The van der Waals surface area contributed by atoms with E-state index in [1.54, 1.807) is 19.2 Å². The summed E-state index contributed by atoms with van der Waals surface area (Å²) in [5.41, 5.74) is 3.76. The summed E-state index contributed by atoms with van der Waals surface area (Å²) in [5, 5.41) is 8.86. The van der Waals surface area contributed by atoms with E-state index in [0.717, 1.165) is 45.3 Å². The second-order valence-electron chi connectivity index (χ2n) is 8.81. The molecular formula is C30H22FN3O2S. The van der Waals surface area contributed by atoms with Crippen LogP contribution in [0.3, 0.4) is 0 Å². The van der Waals surface area contributed by atoms with Crippen molar-refractivity contribution < 1.29 is 13.9 Å². The monoisotopic (exact) mass is 507 g/mol. The Morgan fingerprint density at radius 3 is 2.49 bits per heavy atom. The number of amidine groups is 1. The van der Waals surface area contributed by atoms with E-state index in [1.165, 1.54) is 17.5 Å². The zero-order valence-electron chi connectivity index (χ0n) is 20.0. The fourth-order valence-corrected chi connectivity index (χ4v) is 5.35. The molecule has 37 heavy (non-hydrogen) atoms. The molecule has 0 spiro atoms. The van der Waals surface area contributed by atoms with Crippen molar-refractivity contribution in [1.29, 1.82) is 0 Å². The lowest BCUT2D eigenvalue weighted by Crippen LogP contribution is -2.26. The highest BCUT2D eigenvalue weighted by atomic mass is 32.2. The highest BCUT2D eigenvalue weighted by Gasteiger charge is 2.37. The van der Waals surface area contributed by atoms with Gasteiger partial charge in [-0.15, -0.1) is 0 Å². The average Bonchev–Trinajstić information content (AvgIpc) is 3.53. The smallest absolute Gasteiger partial charge is 0.311 e. The predicted molar refractivity (Wildman–Crippen MR) is 147 cm³/mol. The normalized spacial score (nSPS) is 18.4. The lowest BCUT2D eigenvalue weighted by molar-refractivity contribution is 0.267. The lowest BCUT2D eigenvalue weighted by atomic mass is 9.97. The summed E-state index contributed by atoms with van der Waals surface area (Å²) in [5.74, 6) is 0.954. The Morgan fingerprint density at radius 1 is 0.973 bits per heavy atom. The summed E-state index contributed by atoms with van der Waals surface area (Å²) in [6.07, 6.45) is 2.49. The van der Waals surface area contributed by atoms with Gasteiger partial charge in [0.15, 0.2) is 5.84 Å². The zero-order chi connectivity index (χ0) is 25.4. The van der Waals surface area contributed by atoms with Gasteiger partial charge in [-0.3, -0.25) is 4.79 Å². The van der Waals surface area contributed by atoms with E-state index >= 15 is 0 Å². The molecule has 2 aliphatic rings. The topological polar surface area (TPSA) is 54.3 Å². The Bertz CT molecular complexity index is 1590. The van der Waals surface area contributed by atoms with Crippen molar-refractivity contribution in [2.24, 2.45) is 10.1 Å². The van der Waals surface area contributed by atoms with Crippen molar-refractivity contribution in [3.8, 4) is 5.75 Å². The first kappa shape index (κ1) is 23.2. The maximum atomic E-state index is 13.4. The van der Waals surface area contributed by atoms with Crippen molar-refractivity contribution in [1.82, 2.24) is 5.01 Å². The number of rotatable bonds is 4. The van der Waals surface area contributed by atoms with E-state index in [0.29, 0.717) is 17.2 Å². The third kappa shape index (κ3) is 4.66. The number of hydrazone groups is 1. The van der Waals surface area contributed by atoms with Gasteiger partial charge >= 0.3 is 5.24 Å². The van der Waals surface area contributed by atoms with E-state index in [9.17, 15) is 9.18 Å². The standard InChI is InChI=1S/C30H22FN3O2S/c1-36-25-14-10-21(11-15-25)27-18-26(23-9-8-20-4-2-3-5-22(20)17-23)33-34(27)29-28(37-30(35)32-29)16-19-6-12-24(31)13-7-19/h2-17,27H,18H2,1H3/b28-16-. The van der Waals surface area contributed by atoms with Crippen LogP contribution in [0, 0.1) is 5.82 Å². The average molecular weight is 508 g/mol. The highest BCUT2D eigenvalue weighted by molar-refractivity contribution is 8.18. The number of carbonyl (C=O) groups is 1. The van der Waals surface area contributed by atoms with Crippen LogP contribution < -0.4 is 4.74 Å². The Kier molecular flexibility index (Phi) is 6.06. The van der Waals surface area contributed by atoms with Gasteiger partial charge in [-0.1, -0.05) is 60.7 Å². The molecule has 1 amide bonds. The van der Waals surface area contributed by atoms with Crippen LogP contribution in [-0.4, -0.2) is 28.9 Å². The molecule has 0 aliphatic carbocycles. The SMILES string of the molecule is COc1ccc(C2CC(c3ccc4ccccc4c3)=NN2C2=NC(=O)S/C2=C\c2ccc(F)cc2)cc1. The summed E-state index contributed by atoms with van der Waals surface area (Å²) < 4.78 is 18.8. The maximum Gasteiger partial charge on any atom is 0.311 e. The Balaban J connectivity index is 1.42. The molecule has 4 aromatic rings. The van der Waals surface area contributed by atoms with E-state index in [-0.39, 0.29) is 17.1 Å². The molecule has 6 rings (SSSR count). The molecule has 1 unspecified atom stereocenters. The number of ether oxygens (including phenoxy) is 1. The van der Waals surface area contributed by atoms with Crippen LogP contribution in [-0.2, 0) is 0 Å². The molecule has 182 valence electrons. The summed E-state index contributed by atoms with van der Waals surface area (Å²) in [6.45, 7) is 0. The van der Waals surface area contributed by atoms with Gasteiger partial charge in [-0.2, -0.15) is 10.1 Å². The number of amides is 1. The first-order valence-corrected chi connectivity index (χ1v) is 12.7. The minimum absolute atomic E-state index is 0.158. The molecule has 0 radical (unpaired) electrons. The van der Waals surface area contributed by atoms with Gasteiger partial charge in [0.25, 0.3) is 0 Å². The fraction of sp³-hybridized carbons (Fsp3) is 0.100. The van der Waals surface area contributed by atoms with Crippen LogP contribution in [0.4, 0.5) is 9.18 Å². The number of hydrogen-bond acceptors (Lipinski definition) is 5. The molecule has 4 aromatic carbocycles. The van der Waals surface area contributed by atoms with Crippen molar-refractivity contribution in [3.63, 3.8) is 0 Å². The zero-order valence-corrected chi connectivity index (χ0v) is 20.8. The number of nitrogens with zero attached hydrogens (tertiary/aromatic N) is 3. The van der Waals surface area contributed by atoms with E-state index < -0.39 is 0 Å². The summed E-state index contributed by atoms with van der Waals surface area (Å²) in [4.78, 5) is 17.5. The molecule has 7 heteroatoms. The molecule has 0 bridgehead atoms.